The molecule has 4 heteroatoms. The van der Waals surface area contributed by atoms with Gasteiger partial charge in [-0.15, -0.1) is 0 Å². The van der Waals surface area contributed by atoms with Crippen molar-refractivity contribution >= 4 is 0 Å². The van der Waals surface area contributed by atoms with Crippen LogP contribution in [-0.2, 0) is 80.2 Å². The first-order valence-corrected chi connectivity index (χ1v) is 0. The van der Waals surface area contributed by atoms with Crippen LogP contribution >= 0.6 is 0 Å². The molecule has 0 aromatic rings. The fourth-order valence-corrected chi connectivity index (χ4v) is 0. The van der Waals surface area contributed by atoms with E-state index in [4.69, 9.17) is 0 Å². The number of hydrogen-bond acceptors (Lipinski definition) is 0. The predicted octanol–water partition coefficient (Wildman–Crippen LogP) is -0.0100. The minimum atomic E-state index is 0. The van der Waals surface area contributed by atoms with Crippen molar-refractivity contribution in [2.24, 2.45) is 0 Å². The van der Waals surface area contributed by atoms with Crippen molar-refractivity contribution in [3.8, 4) is 0 Å². The van der Waals surface area contributed by atoms with E-state index in [0.717, 1.165) is 0 Å². The molecule has 0 amide bonds. The number of rotatable bonds is 0. The fraction of sp³-hybridized carbons (Fsp3) is 0. The Hall–Kier alpha value is 2.58. The molecule has 31 valence electrons. The van der Waals surface area contributed by atoms with Crippen LogP contribution in [0.3, 0.4) is 0 Å². The van der Waals surface area contributed by atoms with Crippen molar-refractivity contribution in [1.29, 1.82) is 0 Å². The third kappa shape index (κ3) is 8.82. The molecule has 0 atom stereocenters. The van der Waals surface area contributed by atoms with Crippen LogP contribution < -0.4 is 0 Å². The van der Waals surface area contributed by atoms with Crippen molar-refractivity contribution in [1.82, 2.24) is 0 Å². The van der Waals surface area contributed by atoms with Crippen LogP contribution in [0.25, 0.3) is 0 Å². The third-order valence-electron chi connectivity index (χ3n) is 0. The summed E-state index contributed by atoms with van der Waals surface area (Å²) >= 11 is 0. The zero-order chi connectivity index (χ0) is 0. The van der Waals surface area contributed by atoms with Crippen LogP contribution in [0.2, 0.25) is 0 Å². The van der Waals surface area contributed by atoms with Gasteiger partial charge in [-0.25, -0.2) is 0 Å². The first-order valence-electron chi connectivity index (χ1n) is 0. The van der Waals surface area contributed by atoms with Gasteiger partial charge in [0, 0.05) is 80.2 Å². The maximum atomic E-state index is 0. The van der Waals surface area contributed by atoms with E-state index in [1.807, 2.05) is 0 Å². The van der Waals surface area contributed by atoms with Crippen LogP contribution in [0, 0.1) is 0 Å². The van der Waals surface area contributed by atoms with Gasteiger partial charge < -0.3 is 0 Å². The smallest absolute Gasteiger partial charge is 0 e. The van der Waals surface area contributed by atoms with E-state index in [9.17, 15) is 0 Å². The average Bonchev–Trinajstić information content (AvgIpc) is 0. The molecule has 0 spiro atoms. The second-order valence-corrected chi connectivity index (χ2v) is 0. The molecule has 0 N–H and O–H groups in total. The summed E-state index contributed by atoms with van der Waals surface area (Å²) in [5.41, 5.74) is 0. The van der Waals surface area contributed by atoms with Gasteiger partial charge >= 0.3 is 0 Å². The van der Waals surface area contributed by atoms with Crippen LogP contribution in [0.4, 0.5) is 0 Å². The van der Waals surface area contributed by atoms with Gasteiger partial charge in [-0.3, -0.25) is 0 Å². The molecule has 0 aromatic heterocycles. The van der Waals surface area contributed by atoms with E-state index in [0.29, 0.717) is 0 Å². The Labute approximate surface area is 79.0 Å². The molecule has 0 bridgehead atoms. The summed E-state index contributed by atoms with van der Waals surface area (Å²) < 4.78 is 0. The predicted molar refractivity (Wildman–Crippen MR) is 0 cm³/mol. The fourth-order valence-electron chi connectivity index (χ4n) is 0. The summed E-state index contributed by atoms with van der Waals surface area (Å²) in [5, 5.41) is 0. The standard InChI is InChI=1S/3Rh.Ti. The van der Waals surface area contributed by atoms with Crippen LogP contribution in [0.5, 0.6) is 0 Å². The zero-order valence-corrected chi connectivity index (χ0v) is 7.98. The van der Waals surface area contributed by atoms with Gasteiger partial charge in [-0.1, -0.05) is 0 Å². The molecule has 3 radical (unpaired) electrons. The summed E-state index contributed by atoms with van der Waals surface area (Å²) in [7, 11) is 0. The van der Waals surface area contributed by atoms with Gasteiger partial charge in [-0.2, -0.15) is 0 Å². The molecule has 0 fully saturated rings. The van der Waals surface area contributed by atoms with Crippen LogP contribution in [0.1, 0.15) is 0 Å². The second kappa shape index (κ2) is 17.6. The molecule has 0 saturated heterocycles. The monoisotopic (exact) mass is 357 g/mol. The third-order valence-corrected chi connectivity index (χ3v) is 0. The minimum Gasteiger partial charge on any atom is 0 e. The van der Waals surface area contributed by atoms with E-state index in [2.05, 4.69) is 0 Å². The van der Waals surface area contributed by atoms with Crippen LogP contribution in [-0.4, -0.2) is 0 Å². The summed E-state index contributed by atoms with van der Waals surface area (Å²) in [6.07, 6.45) is 0. The molecule has 0 aromatic carbocycles. The van der Waals surface area contributed by atoms with E-state index in [-0.39, 0.29) is 80.2 Å². The normalized spacial score (nSPS) is 0. The molecular formula is Rh3Ti. The van der Waals surface area contributed by atoms with Gasteiger partial charge in [0.15, 0.2) is 0 Å². The number of hydrogen-bond donors (Lipinski definition) is 0. The molecule has 0 aliphatic heterocycles. The Morgan fingerprint density at radius 1 is 0.500 bits per heavy atom. The Kier molecular flexibility index (Phi) is 135. The summed E-state index contributed by atoms with van der Waals surface area (Å²) in [6, 6.07) is 0. The Morgan fingerprint density at radius 2 is 0.500 bits per heavy atom. The Morgan fingerprint density at radius 3 is 0.500 bits per heavy atom. The van der Waals surface area contributed by atoms with Gasteiger partial charge in [0.1, 0.15) is 0 Å². The van der Waals surface area contributed by atoms with Crippen molar-refractivity contribution in [2.45, 2.75) is 0 Å². The molecule has 0 rings (SSSR count). The first-order chi connectivity index (χ1) is 0. The molecule has 0 aliphatic carbocycles. The van der Waals surface area contributed by atoms with E-state index >= 15 is 0 Å². The SMILES string of the molecule is [Rh].[Rh].[Rh].[Ti]. The molecule has 4 heavy (non-hydrogen) atoms. The molecule has 0 heterocycles. The van der Waals surface area contributed by atoms with Gasteiger partial charge in [0.25, 0.3) is 0 Å². The maximum Gasteiger partial charge on any atom is 0 e. The van der Waals surface area contributed by atoms with Crippen LogP contribution in [0.15, 0.2) is 0 Å². The molecule has 0 unspecified atom stereocenters. The Bertz CT molecular complexity index is 3.25. The summed E-state index contributed by atoms with van der Waals surface area (Å²) in [4.78, 5) is 0. The van der Waals surface area contributed by atoms with Crippen molar-refractivity contribution in [2.75, 3.05) is 0 Å². The quantitative estimate of drug-likeness (QED) is 0.536. The molecular weight excluding hydrogens is 357 g/mol. The van der Waals surface area contributed by atoms with Gasteiger partial charge in [0.05, 0.1) is 0 Å². The van der Waals surface area contributed by atoms with E-state index in [1.165, 1.54) is 0 Å². The van der Waals surface area contributed by atoms with Gasteiger partial charge in [0.2, 0.25) is 0 Å². The van der Waals surface area contributed by atoms with Crippen molar-refractivity contribution in [3.05, 3.63) is 0 Å². The zero-order valence-electron chi connectivity index (χ0n) is 1.50. The summed E-state index contributed by atoms with van der Waals surface area (Å²) in [5.74, 6) is 0. The maximum absolute atomic E-state index is 0. The van der Waals surface area contributed by atoms with Crippen molar-refractivity contribution in [3.63, 3.8) is 0 Å². The molecule has 0 saturated carbocycles. The summed E-state index contributed by atoms with van der Waals surface area (Å²) in [6.45, 7) is 0. The minimum absolute atomic E-state index is 0. The van der Waals surface area contributed by atoms with Crippen molar-refractivity contribution < 1.29 is 80.2 Å². The molecule has 0 aliphatic rings. The van der Waals surface area contributed by atoms with E-state index < -0.39 is 0 Å². The van der Waals surface area contributed by atoms with E-state index in [1.54, 1.807) is 0 Å². The molecule has 0 nitrogen and oxygen atoms in total. The largest absolute Gasteiger partial charge is 0 e. The first kappa shape index (κ1) is 30.7. The average molecular weight is 357 g/mol. The Balaban J connectivity index is 0. The topological polar surface area (TPSA) is 0 Å². The second-order valence-electron chi connectivity index (χ2n) is 0. The van der Waals surface area contributed by atoms with Gasteiger partial charge in [-0.05, 0) is 0 Å².